The lowest BCUT2D eigenvalue weighted by Gasteiger charge is -2.50. The van der Waals surface area contributed by atoms with Gasteiger partial charge in [-0.05, 0) is 13.3 Å². The molecule has 0 aromatic carbocycles. The van der Waals surface area contributed by atoms with Crippen molar-refractivity contribution in [1.82, 2.24) is 0 Å². The molecule has 3 heterocycles. The van der Waals surface area contributed by atoms with Crippen molar-refractivity contribution in [3.05, 3.63) is 0 Å². The molecule has 14 nitrogen and oxygen atoms in total. The van der Waals surface area contributed by atoms with E-state index in [0.29, 0.717) is 6.42 Å². The molecule has 3 saturated heterocycles. The summed E-state index contributed by atoms with van der Waals surface area (Å²) in [4.78, 5) is 0. The topological polar surface area (TPSA) is 162 Å². The van der Waals surface area contributed by atoms with Gasteiger partial charge in [-0.1, -0.05) is 6.92 Å². The molecule has 18 unspecified atom stereocenters. The lowest BCUT2D eigenvalue weighted by atomic mass is 9.94. The minimum absolute atomic E-state index is 0.0586. The monoisotopic (exact) mass is 630 g/mol. The average Bonchev–Trinajstić information content (AvgIpc) is 2.94. The molecule has 0 aliphatic carbocycles. The van der Waals surface area contributed by atoms with Crippen LogP contribution in [0.25, 0.3) is 0 Å². The van der Waals surface area contributed by atoms with Crippen LogP contribution in [0.1, 0.15) is 20.3 Å². The number of methoxy groups -OCH3 is 1. The predicted octanol–water partition coefficient (Wildman–Crippen LogP) is -1.77. The Morgan fingerprint density at radius 3 is 1.68 bits per heavy atom. The molecular weight excluding hydrogens is 591 g/mol. The minimum atomic E-state index is -1.55. The molecule has 3 rings (SSSR count). The van der Waals surface area contributed by atoms with Gasteiger partial charge in [0.15, 0.2) is 12.6 Å². The van der Waals surface area contributed by atoms with Gasteiger partial charge in [0.1, 0.15) is 54.9 Å². The van der Waals surface area contributed by atoms with Crippen molar-refractivity contribution < 1.29 is 66.6 Å². The highest BCUT2D eigenvalue weighted by atomic mass is 31.0. The van der Waals surface area contributed by atoms with Gasteiger partial charge in [0.25, 0.3) is 16.1 Å². The molecule has 3 aliphatic rings. The molecule has 3 fully saturated rings. The number of rotatable bonds is 13. The number of ether oxygens (including phenoxy) is 6. The van der Waals surface area contributed by atoms with Crippen molar-refractivity contribution >= 4 is 44.5 Å². The highest BCUT2D eigenvalue weighted by molar-refractivity contribution is 7.10. The van der Waals surface area contributed by atoms with Gasteiger partial charge in [-0.15, -0.1) is 0 Å². The van der Waals surface area contributed by atoms with Crippen LogP contribution in [0.15, 0.2) is 0 Å². The third kappa shape index (κ3) is 7.73. The van der Waals surface area contributed by atoms with Gasteiger partial charge >= 0.3 is 0 Å². The first kappa shape index (κ1) is 35.3. The van der Waals surface area contributed by atoms with E-state index in [1.54, 1.807) is 6.92 Å². The molecule has 3 N–H and O–H groups in total. The summed E-state index contributed by atoms with van der Waals surface area (Å²) in [7, 11) is 18.7. The van der Waals surface area contributed by atoms with Gasteiger partial charge in [0, 0.05) is 35.5 Å². The van der Waals surface area contributed by atoms with E-state index in [2.05, 4.69) is 28.4 Å². The van der Waals surface area contributed by atoms with E-state index >= 15 is 0 Å². The quantitative estimate of drug-likeness (QED) is 0.155. The fourth-order valence-corrected chi connectivity index (χ4v) is 5.99. The molecule has 18 atom stereocenters. The Kier molecular flexibility index (Phi) is 14.8. The van der Waals surface area contributed by atoms with Gasteiger partial charge in [0.2, 0.25) is 0 Å². The summed E-state index contributed by atoms with van der Waals surface area (Å²) in [5.74, 6) is 0. The van der Waals surface area contributed by atoms with E-state index < -0.39 is 91.9 Å². The summed E-state index contributed by atoms with van der Waals surface area (Å²) in [5, 5.41) is 33.1. The van der Waals surface area contributed by atoms with Crippen LogP contribution in [0.4, 0.5) is 0 Å². The summed E-state index contributed by atoms with van der Waals surface area (Å²) >= 11 is 0. The molecule has 0 spiro atoms. The van der Waals surface area contributed by atoms with Gasteiger partial charge in [-0.3, -0.25) is 0 Å². The van der Waals surface area contributed by atoms with Crippen LogP contribution < -0.4 is 0 Å². The largest absolute Gasteiger partial charge is 0.440 e. The normalized spacial score (nSPS) is 46.4. The van der Waals surface area contributed by atoms with Gasteiger partial charge in [-0.2, -0.15) is 0 Å². The molecule has 40 heavy (non-hydrogen) atoms. The van der Waals surface area contributed by atoms with Crippen molar-refractivity contribution in [1.29, 1.82) is 0 Å². The Labute approximate surface area is 243 Å². The lowest BCUT2D eigenvalue weighted by molar-refractivity contribution is -0.368. The average molecular weight is 630 g/mol. The van der Waals surface area contributed by atoms with Crippen LogP contribution in [0, 0.1) is 0 Å². The predicted molar refractivity (Wildman–Crippen MR) is 148 cm³/mol. The van der Waals surface area contributed by atoms with Crippen molar-refractivity contribution in [3.8, 4) is 0 Å². The number of aliphatic hydroxyl groups excluding tert-OH is 3. The van der Waals surface area contributed by atoms with Crippen LogP contribution in [0.3, 0.4) is 0 Å². The first-order chi connectivity index (χ1) is 19.2. The number of hydrogen-bond donors (Lipinski definition) is 3. The Morgan fingerprint density at radius 1 is 0.675 bits per heavy atom. The number of hydrogen-bond acceptors (Lipinski definition) is 14. The second-order valence-electron chi connectivity index (χ2n) is 9.72. The first-order valence-electron chi connectivity index (χ1n) is 12.7. The molecule has 4 radical (unpaired) electrons. The highest BCUT2D eigenvalue weighted by Crippen LogP contribution is 2.35. The summed E-state index contributed by atoms with van der Waals surface area (Å²) in [6, 6.07) is 0. The summed E-state index contributed by atoms with van der Waals surface area (Å²) in [6.45, 7) is 3.53. The summed E-state index contributed by atoms with van der Waals surface area (Å²) in [6.07, 6.45) is -14.9. The van der Waals surface area contributed by atoms with E-state index in [1.807, 2.05) is 6.92 Å². The zero-order valence-electron chi connectivity index (χ0n) is 22.5. The molecule has 19 heteroatoms. The van der Waals surface area contributed by atoms with Crippen LogP contribution in [-0.2, 0) is 51.3 Å². The molecule has 0 saturated carbocycles. The Hall–Kier alpha value is 0.860. The SMILES string of the molecule is [B]OC1C(CC)OC(OC2C(O)C(OC3C(COP)OC(C)C(O)C3OP)OC(COP)C2O[B])C(O)C1OC. The second kappa shape index (κ2) is 16.8. The van der Waals surface area contributed by atoms with Gasteiger partial charge in [0.05, 0.1) is 37.6 Å². The molecule has 0 aromatic heterocycles. The fourth-order valence-electron chi connectivity index (χ4n) is 5.29. The zero-order valence-corrected chi connectivity index (χ0v) is 26.0. The molecule has 0 aromatic rings. The van der Waals surface area contributed by atoms with Crippen molar-refractivity contribution in [2.45, 2.75) is 112 Å². The van der Waals surface area contributed by atoms with Gasteiger partial charge < -0.3 is 66.6 Å². The fraction of sp³-hybridized carbons (Fsp3) is 1.00. The van der Waals surface area contributed by atoms with E-state index in [0.717, 1.165) is 0 Å². The molecule has 0 bridgehead atoms. The van der Waals surface area contributed by atoms with Crippen LogP contribution in [0.5, 0.6) is 0 Å². The smallest absolute Gasteiger partial charge is 0.283 e. The molecule has 228 valence electrons. The highest BCUT2D eigenvalue weighted by Gasteiger charge is 2.54. The molecule has 3 aliphatic heterocycles. The summed E-state index contributed by atoms with van der Waals surface area (Å²) in [5.41, 5.74) is 0. The first-order valence-corrected chi connectivity index (χ1v) is 14.2. The van der Waals surface area contributed by atoms with Crippen LogP contribution >= 0.6 is 28.4 Å². The Balaban J connectivity index is 1.89. The third-order valence-electron chi connectivity index (χ3n) is 7.38. The second-order valence-corrected chi connectivity index (χ2v) is 10.7. The van der Waals surface area contributed by atoms with E-state index in [1.165, 1.54) is 7.11 Å². The van der Waals surface area contributed by atoms with Crippen LogP contribution in [0.2, 0.25) is 0 Å². The van der Waals surface area contributed by atoms with Gasteiger partial charge in [-0.25, -0.2) is 0 Å². The zero-order chi connectivity index (χ0) is 29.6. The van der Waals surface area contributed by atoms with Crippen LogP contribution in [-0.4, -0.2) is 144 Å². The van der Waals surface area contributed by atoms with Crippen molar-refractivity contribution in [2.24, 2.45) is 0 Å². The molecular formula is C21H39B2O14P3. The maximum absolute atomic E-state index is 11.4. The van der Waals surface area contributed by atoms with E-state index in [-0.39, 0.29) is 13.2 Å². The summed E-state index contributed by atoms with van der Waals surface area (Å²) < 4.78 is 61.5. The standard InChI is InChI=1S/C21H39B2O14P3/c1-4-8-15(35-22)17(27-3)12(25)20(31-8)34-18-13(26)21(32-10(6-29-39)16(18)36-23)33-14-9(5-28-38)30-7(2)11(24)19(14)37-40/h7-21,24-26H,4-6,38-40H2,1-3H3. The minimum Gasteiger partial charge on any atom is -0.440 e. The lowest BCUT2D eigenvalue weighted by Crippen LogP contribution is -2.67. The van der Waals surface area contributed by atoms with Crippen molar-refractivity contribution in [2.75, 3.05) is 20.3 Å². The molecule has 0 amide bonds. The third-order valence-corrected chi connectivity index (χ3v) is 8.08. The maximum atomic E-state index is 11.4. The van der Waals surface area contributed by atoms with E-state index in [9.17, 15) is 15.3 Å². The van der Waals surface area contributed by atoms with E-state index in [4.69, 9.17) is 67.4 Å². The maximum Gasteiger partial charge on any atom is 0.283 e. The number of aliphatic hydroxyl groups is 3. The Bertz CT molecular complexity index is 755. The van der Waals surface area contributed by atoms with Crippen molar-refractivity contribution in [3.63, 3.8) is 0 Å². The Morgan fingerprint density at radius 2 is 1.18 bits per heavy atom.